The van der Waals surface area contributed by atoms with Gasteiger partial charge in [-0.15, -0.1) is 0 Å². The van der Waals surface area contributed by atoms with E-state index in [9.17, 15) is 24.1 Å². The van der Waals surface area contributed by atoms with E-state index in [0.717, 1.165) is 17.7 Å². The molecular formula is C19H19FN2O5. The van der Waals surface area contributed by atoms with Crippen LogP contribution in [0.15, 0.2) is 42.5 Å². The maximum atomic E-state index is 13.1. The number of anilines is 1. The van der Waals surface area contributed by atoms with Gasteiger partial charge in [0.1, 0.15) is 11.5 Å². The van der Waals surface area contributed by atoms with Gasteiger partial charge in [0, 0.05) is 0 Å². The monoisotopic (exact) mass is 374 g/mol. The molecule has 2 rings (SSSR count). The van der Waals surface area contributed by atoms with Crippen LogP contribution >= 0.6 is 0 Å². The molecule has 142 valence electrons. The lowest BCUT2D eigenvalue weighted by Crippen LogP contribution is -2.21. The minimum atomic E-state index is -0.818. The van der Waals surface area contributed by atoms with Gasteiger partial charge in [0.2, 0.25) is 0 Å². The molecule has 0 bridgehead atoms. The van der Waals surface area contributed by atoms with Gasteiger partial charge >= 0.3 is 5.97 Å². The van der Waals surface area contributed by atoms with Crippen molar-refractivity contribution in [2.24, 2.45) is 0 Å². The summed E-state index contributed by atoms with van der Waals surface area (Å²) < 4.78 is 18.0. The number of carbonyl (C=O) groups is 2. The maximum Gasteiger partial charge on any atom is 0.338 e. The number of esters is 1. The Hall–Kier alpha value is -3.29. The number of hydrogen-bond donors (Lipinski definition) is 1. The molecule has 0 atom stereocenters. The molecule has 0 aromatic heterocycles. The first-order chi connectivity index (χ1) is 12.6. The summed E-state index contributed by atoms with van der Waals surface area (Å²) in [6.07, 6.45) is 0. The van der Waals surface area contributed by atoms with E-state index in [0.29, 0.717) is 6.07 Å². The number of nitro benzene ring substituents is 1. The molecule has 0 aliphatic heterocycles. The number of carbonyl (C=O) groups excluding carboxylic acids is 2. The van der Waals surface area contributed by atoms with Crippen LogP contribution in [0.25, 0.3) is 0 Å². The van der Waals surface area contributed by atoms with E-state index >= 15 is 0 Å². The van der Waals surface area contributed by atoms with Gasteiger partial charge in [-0.2, -0.15) is 0 Å². The lowest BCUT2D eigenvalue weighted by Gasteiger charge is -2.18. The van der Waals surface area contributed by atoms with Gasteiger partial charge in [0.15, 0.2) is 6.61 Å². The molecule has 0 aliphatic carbocycles. The Kier molecular flexibility index (Phi) is 5.89. The second-order valence-electron chi connectivity index (χ2n) is 6.87. The lowest BCUT2D eigenvalue weighted by atomic mass is 9.87. The van der Waals surface area contributed by atoms with E-state index in [1.165, 1.54) is 0 Å². The van der Waals surface area contributed by atoms with Gasteiger partial charge in [0.05, 0.1) is 16.6 Å². The van der Waals surface area contributed by atoms with Crippen molar-refractivity contribution in [2.75, 3.05) is 11.9 Å². The molecule has 7 nitrogen and oxygen atoms in total. The summed E-state index contributed by atoms with van der Waals surface area (Å²) in [5.41, 5.74) is 0.486. The Balaban J connectivity index is 1.98. The summed E-state index contributed by atoms with van der Waals surface area (Å²) in [5, 5.41) is 13.1. The molecule has 8 heteroatoms. The summed E-state index contributed by atoms with van der Waals surface area (Å²) in [6, 6.07) is 9.55. The number of halogens is 1. The highest BCUT2D eigenvalue weighted by molar-refractivity contribution is 5.96. The SMILES string of the molecule is CC(C)(C)c1ccc(C(=O)OCC(=O)Nc2ccc(F)cc2[N+](=O)[O-])cc1. The topological polar surface area (TPSA) is 98.5 Å². The van der Waals surface area contributed by atoms with Crippen LogP contribution in [0.5, 0.6) is 0 Å². The van der Waals surface area contributed by atoms with Crippen molar-refractivity contribution in [1.29, 1.82) is 0 Å². The third-order valence-electron chi connectivity index (χ3n) is 3.75. The second kappa shape index (κ2) is 7.94. The largest absolute Gasteiger partial charge is 0.452 e. The molecule has 0 saturated heterocycles. The van der Waals surface area contributed by atoms with Crippen LogP contribution in [-0.2, 0) is 14.9 Å². The minimum Gasteiger partial charge on any atom is -0.452 e. The van der Waals surface area contributed by atoms with Gasteiger partial charge in [-0.25, -0.2) is 9.18 Å². The summed E-state index contributed by atoms with van der Waals surface area (Å²) in [7, 11) is 0. The van der Waals surface area contributed by atoms with Crippen LogP contribution in [0.3, 0.4) is 0 Å². The Labute approximate surface area is 155 Å². The predicted octanol–water partition coefficient (Wildman–Crippen LogP) is 3.83. The molecule has 0 spiro atoms. The number of rotatable bonds is 5. The van der Waals surface area contributed by atoms with E-state index in [-0.39, 0.29) is 16.7 Å². The summed E-state index contributed by atoms with van der Waals surface area (Å²) in [5.74, 6) is -2.27. The van der Waals surface area contributed by atoms with Crippen molar-refractivity contribution in [3.8, 4) is 0 Å². The van der Waals surface area contributed by atoms with Crippen molar-refractivity contribution < 1.29 is 23.6 Å². The molecule has 0 heterocycles. The quantitative estimate of drug-likeness (QED) is 0.487. The predicted molar refractivity (Wildman–Crippen MR) is 97.1 cm³/mol. The van der Waals surface area contributed by atoms with Gasteiger partial charge in [-0.05, 0) is 35.2 Å². The van der Waals surface area contributed by atoms with E-state index in [4.69, 9.17) is 4.74 Å². The normalized spacial score (nSPS) is 11.0. The molecule has 0 saturated carbocycles. The van der Waals surface area contributed by atoms with Gasteiger partial charge < -0.3 is 10.1 Å². The standard InChI is InChI=1S/C19H19FN2O5/c1-19(2,3)13-6-4-12(5-7-13)18(24)27-11-17(23)21-15-9-8-14(20)10-16(15)22(25)26/h4-10H,11H2,1-3H3,(H,21,23). The summed E-state index contributed by atoms with van der Waals surface area (Å²) in [6.45, 7) is 5.49. The molecule has 2 aromatic carbocycles. The third kappa shape index (κ3) is 5.34. The van der Waals surface area contributed by atoms with Gasteiger partial charge in [0.25, 0.3) is 11.6 Å². The first-order valence-electron chi connectivity index (χ1n) is 8.09. The first kappa shape index (κ1) is 20.0. The van der Waals surface area contributed by atoms with E-state index in [2.05, 4.69) is 5.32 Å². The van der Waals surface area contributed by atoms with Crippen molar-refractivity contribution in [1.82, 2.24) is 0 Å². The zero-order valence-electron chi connectivity index (χ0n) is 15.1. The average molecular weight is 374 g/mol. The summed E-state index contributed by atoms with van der Waals surface area (Å²) >= 11 is 0. The van der Waals surface area contributed by atoms with Crippen LogP contribution in [0.4, 0.5) is 15.8 Å². The Bertz CT molecular complexity index is 873. The highest BCUT2D eigenvalue weighted by Crippen LogP contribution is 2.25. The molecule has 0 radical (unpaired) electrons. The Morgan fingerprint density at radius 3 is 2.33 bits per heavy atom. The Morgan fingerprint density at radius 1 is 1.15 bits per heavy atom. The lowest BCUT2D eigenvalue weighted by molar-refractivity contribution is -0.384. The highest BCUT2D eigenvalue weighted by atomic mass is 19.1. The molecule has 27 heavy (non-hydrogen) atoms. The summed E-state index contributed by atoms with van der Waals surface area (Å²) in [4.78, 5) is 34.0. The van der Waals surface area contributed by atoms with Crippen molar-refractivity contribution in [2.45, 2.75) is 26.2 Å². The van der Waals surface area contributed by atoms with Crippen molar-refractivity contribution >= 4 is 23.3 Å². The zero-order chi connectivity index (χ0) is 20.2. The first-order valence-corrected chi connectivity index (χ1v) is 8.09. The molecule has 0 aliphatic rings. The molecule has 2 aromatic rings. The van der Waals surface area contributed by atoms with E-state index < -0.39 is 34.9 Å². The second-order valence-corrected chi connectivity index (χ2v) is 6.87. The van der Waals surface area contributed by atoms with Gasteiger partial charge in [-0.1, -0.05) is 32.9 Å². The number of ether oxygens (including phenoxy) is 1. The maximum absolute atomic E-state index is 13.1. The Morgan fingerprint density at radius 2 is 1.78 bits per heavy atom. The fourth-order valence-electron chi connectivity index (χ4n) is 2.27. The van der Waals surface area contributed by atoms with Crippen molar-refractivity contribution in [3.05, 3.63) is 69.5 Å². The minimum absolute atomic E-state index is 0.0633. The number of benzene rings is 2. The van der Waals surface area contributed by atoms with Crippen LogP contribution in [0.1, 0.15) is 36.7 Å². The molecule has 0 unspecified atom stereocenters. The smallest absolute Gasteiger partial charge is 0.338 e. The number of amides is 1. The zero-order valence-corrected chi connectivity index (χ0v) is 15.1. The number of nitrogens with zero attached hydrogens (tertiary/aromatic N) is 1. The third-order valence-corrected chi connectivity index (χ3v) is 3.75. The van der Waals surface area contributed by atoms with Crippen LogP contribution in [-0.4, -0.2) is 23.4 Å². The fraction of sp³-hybridized carbons (Fsp3) is 0.263. The molecule has 0 fully saturated rings. The highest BCUT2D eigenvalue weighted by Gasteiger charge is 2.19. The molecular weight excluding hydrogens is 355 g/mol. The van der Waals surface area contributed by atoms with E-state index in [1.807, 2.05) is 20.8 Å². The van der Waals surface area contributed by atoms with Crippen LogP contribution in [0.2, 0.25) is 0 Å². The van der Waals surface area contributed by atoms with Crippen LogP contribution in [0, 0.1) is 15.9 Å². The van der Waals surface area contributed by atoms with Crippen LogP contribution < -0.4 is 5.32 Å². The molecule has 1 amide bonds. The van der Waals surface area contributed by atoms with Gasteiger partial charge in [-0.3, -0.25) is 14.9 Å². The van der Waals surface area contributed by atoms with E-state index in [1.54, 1.807) is 24.3 Å². The fourth-order valence-corrected chi connectivity index (χ4v) is 2.27. The molecule has 1 N–H and O–H groups in total. The number of nitro groups is 1. The number of nitrogens with one attached hydrogen (secondary N) is 1. The number of hydrogen-bond acceptors (Lipinski definition) is 5. The average Bonchev–Trinajstić information content (AvgIpc) is 2.60. The van der Waals surface area contributed by atoms with Crippen molar-refractivity contribution in [3.63, 3.8) is 0 Å².